The maximum absolute atomic E-state index is 11.7. The molecule has 1 fully saturated rings. The first-order valence-corrected chi connectivity index (χ1v) is 5.13. The topological polar surface area (TPSA) is 67.0 Å². The molecule has 1 saturated heterocycles. The molecule has 2 atom stereocenters. The molecule has 2 heterocycles. The number of amides is 1. The molecule has 0 aromatic carbocycles. The van der Waals surface area contributed by atoms with Gasteiger partial charge in [-0.05, 0) is 19.4 Å². The molecule has 1 aromatic rings. The lowest BCUT2D eigenvalue weighted by atomic mass is 10.1. The number of aromatic nitrogens is 2. The van der Waals surface area contributed by atoms with Crippen molar-refractivity contribution in [2.75, 3.05) is 6.61 Å². The molecular formula is C10H15N3O2. The Morgan fingerprint density at radius 2 is 2.67 bits per heavy atom. The van der Waals surface area contributed by atoms with E-state index < -0.39 is 0 Å². The van der Waals surface area contributed by atoms with Crippen LogP contribution < -0.4 is 5.32 Å². The third-order valence-electron chi connectivity index (χ3n) is 2.58. The Hall–Kier alpha value is -1.36. The van der Waals surface area contributed by atoms with Gasteiger partial charge in [-0.3, -0.25) is 9.89 Å². The van der Waals surface area contributed by atoms with Gasteiger partial charge in [0.1, 0.15) is 0 Å². The number of nitrogens with one attached hydrogen (secondary N) is 2. The lowest BCUT2D eigenvalue weighted by molar-refractivity contribution is -0.125. The maximum Gasteiger partial charge on any atom is 0.225 e. The fourth-order valence-electron chi connectivity index (χ4n) is 1.71. The van der Waals surface area contributed by atoms with Gasteiger partial charge in [0.2, 0.25) is 5.91 Å². The zero-order chi connectivity index (χ0) is 10.7. The van der Waals surface area contributed by atoms with Crippen LogP contribution in [0.4, 0.5) is 0 Å². The molecule has 0 spiro atoms. The summed E-state index contributed by atoms with van der Waals surface area (Å²) in [5, 5.41) is 9.46. The smallest absolute Gasteiger partial charge is 0.225 e. The van der Waals surface area contributed by atoms with E-state index in [4.69, 9.17) is 4.74 Å². The lowest BCUT2D eigenvalue weighted by Crippen LogP contribution is -2.30. The summed E-state index contributed by atoms with van der Waals surface area (Å²) in [6, 6.07) is 1.84. The summed E-state index contributed by atoms with van der Waals surface area (Å²) in [7, 11) is 0. The number of H-pyrrole nitrogens is 1. The molecule has 0 aliphatic carbocycles. The van der Waals surface area contributed by atoms with Crippen molar-refractivity contribution >= 4 is 5.91 Å². The van der Waals surface area contributed by atoms with Crippen LogP contribution in [-0.2, 0) is 16.1 Å². The molecule has 0 bridgehead atoms. The number of aromatic amines is 1. The largest absolute Gasteiger partial charge is 0.378 e. The van der Waals surface area contributed by atoms with Crippen LogP contribution in [0.15, 0.2) is 12.3 Å². The Bertz CT molecular complexity index is 323. The first-order valence-electron chi connectivity index (χ1n) is 5.13. The van der Waals surface area contributed by atoms with Gasteiger partial charge in [0, 0.05) is 6.20 Å². The highest BCUT2D eigenvalue weighted by Gasteiger charge is 2.27. The molecule has 15 heavy (non-hydrogen) atoms. The van der Waals surface area contributed by atoms with Crippen molar-refractivity contribution in [2.24, 2.45) is 5.92 Å². The first kappa shape index (κ1) is 10.2. The minimum Gasteiger partial charge on any atom is -0.378 e. The van der Waals surface area contributed by atoms with E-state index in [-0.39, 0.29) is 17.9 Å². The van der Waals surface area contributed by atoms with Gasteiger partial charge in [-0.15, -0.1) is 0 Å². The number of carbonyl (C=O) groups excluding carboxylic acids is 1. The molecule has 0 radical (unpaired) electrons. The Balaban J connectivity index is 1.78. The lowest BCUT2D eigenvalue weighted by Gasteiger charge is -2.07. The van der Waals surface area contributed by atoms with Crippen molar-refractivity contribution in [2.45, 2.75) is 26.0 Å². The summed E-state index contributed by atoms with van der Waals surface area (Å²) >= 11 is 0. The van der Waals surface area contributed by atoms with Crippen LogP contribution >= 0.6 is 0 Å². The average molecular weight is 209 g/mol. The van der Waals surface area contributed by atoms with Crippen molar-refractivity contribution in [3.05, 3.63) is 18.0 Å². The number of ether oxygens (including phenoxy) is 1. The summed E-state index contributed by atoms with van der Waals surface area (Å²) in [5.41, 5.74) is 0.912. The summed E-state index contributed by atoms with van der Waals surface area (Å²) in [6.45, 7) is 3.03. The average Bonchev–Trinajstić information content (AvgIpc) is 2.84. The fraction of sp³-hybridized carbons (Fsp3) is 0.600. The van der Waals surface area contributed by atoms with Crippen molar-refractivity contribution in [3.63, 3.8) is 0 Å². The quantitative estimate of drug-likeness (QED) is 0.759. The predicted octanol–water partition coefficient (Wildman–Crippen LogP) is 0.451. The molecule has 1 amide bonds. The van der Waals surface area contributed by atoms with Crippen molar-refractivity contribution in [1.82, 2.24) is 15.5 Å². The highest BCUT2D eigenvalue weighted by atomic mass is 16.5. The van der Waals surface area contributed by atoms with Gasteiger partial charge >= 0.3 is 0 Å². The van der Waals surface area contributed by atoms with Gasteiger partial charge < -0.3 is 10.1 Å². The molecule has 1 aliphatic rings. The zero-order valence-corrected chi connectivity index (χ0v) is 8.69. The Kier molecular flexibility index (Phi) is 3.01. The molecule has 1 aliphatic heterocycles. The minimum absolute atomic E-state index is 0.00271. The van der Waals surface area contributed by atoms with Gasteiger partial charge in [-0.2, -0.15) is 5.10 Å². The normalized spacial score (nSPS) is 25.4. The predicted molar refractivity (Wildman–Crippen MR) is 54.0 cm³/mol. The van der Waals surface area contributed by atoms with E-state index in [2.05, 4.69) is 15.5 Å². The highest BCUT2D eigenvalue weighted by molar-refractivity contribution is 5.78. The zero-order valence-electron chi connectivity index (χ0n) is 8.69. The first-order chi connectivity index (χ1) is 7.25. The summed E-state index contributed by atoms with van der Waals surface area (Å²) < 4.78 is 5.34. The van der Waals surface area contributed by atoms with E-state index in [0.29, 0.717) is 13.2 Å². The van der Waals surface area contributed by atoms with E-state index in [0.717, 1.165) is 12.1 Å². The Labute approximate surface area is 88.2 Å². The van der Waals surface area contributed by atoms with Crippen LogP contribution in [0, 0.1) is 5.92 Å². The fourth-order valence-corrected chi connectivity index (χ4v) is 1.71. The second kappa shape index (κ2) is 4.44. The van der Waals surface area contributed by atoms with E-state index in [1.165, 1.54) is 0 Å². The van der Waals surface area contributed by atoms with Gasteiger partial charge in [-0.25, -0.2) is 0 Å². The number of carbonyl (C=O) groups is 1. The number of hydrogen-bond donors (Lipinski definition) is 2. The maximum atomic E-state index is 11.7. The highest BCUT2D eigenvalue weighted by Crippen LogP contribution is 2.18. The summed E-state index contributed by atoms with van der Waals surface area (Å²) in [4.78, 5) is 11.7. The third kappa shape index (κ3) is 2.56. The van der Waals surface area contributed by atoms with E-state index in [9.17, 15) is 4.79 Å². The van der Waals surface area contributed by atoms with Crippen molar-refractivity contribution < 1.29 is 9.53 Å². The van der Waals surface area contributed by atoms with E-state index >= 15 is 0 Å². The molecule has 0 saturated carbocycles. The molecule has 82 valence electrons. The van der Waals surface area contributed by atoms with E-state index in [1.807, 2.05) is 13.0 Å². The van der Waals surface area contributed by atoms with Crippen LogP contribution in [0.5, 0.6) is 0 Å². The summed E-state index contributed by atoms with van der Waals surface area (Å²) in [6.07, 6.45) is 2.68. The monoisotopic (exact) mass is 209 g/mol. The molecule has 5 heteroatoms. The van der Waals surface area contributed by atoms with Gasteiger partial charge in [0.15, 0.2) is 0 Å². The SMILES string of the molecule is CC1CC(C(=O)NCc2ccn[nH]2)CO1. The number of hydrogen-bond acceptors (Lipinski definition) is 3. The van der Waals surface area contributed by atoms with Crippen molar-refractivity contribution in [1.29, 1.82) is 0 Å². The van der Waals surface area contributed by atoms with Crippen LogP contribution in [-0.4, -0.2) is 28.8 Å². The minimum atomic E-state index is 0.00271. The molecule has 2 unspecified atom stereocenters. The second-order valence-electron chi connectivity index (χ2n) is 3.88. The van der Waals surface area contributed by atoms with Gasteiger partial charge in [0.25, 0.3) is 0 Å². The molecular weight excluding hydrogens is 194 g/mol. The molecule has 2 rings (SSSR count). The second-order valence-corrected chi connectivity index (χ2v) is 3.88. The Morgan fingerprint density at radius 1 is 1.80 bits per heavy atom. The van der Waals surface area contributed by atoms with E-state index in [1.54, 1.807) is 6.20 Å². The third-order valence-corrected chi connectivity index (χ3v) is 2.58. The number of rotatable bonds is 3. The Morgan fingerprint density at radius 3 is 3.27 bits per heavy atom. The molecule has 2 N–H and O–H groups in total. The molecule has 5 nitrogen and oxygen atoms in total. The van der Waals surface area contributed by atoms with Gasteiger partial charge in [-0.1, -0.05) is 0 Å². The van der Waals surface area contributed by atoms with Crippen molar-refractivity contribution in [3.8, 4) is 0 Å². The van der Waals surface area contributed by atoms with Crippen LogP contribution in [0.3, 0.4) is 0 Å². The van der Waals surface area contributed by atoms with Crippen LogP contribution in [0.25, 0.3) is 0 Å². The number of nitrogens with zero attached hydrogens (tertiary/aromatic N) is 1. The van der Waals surface area contributed by atoms with Gasteiger partial charge in [0.05, 0.1) is 30.9 Å². The molecule has 1 aromatic heterocycles. The van der Waals surface area contributed by atoms with Crippen LogP contribution in [0.1, 0.15) is 19.0 Å². The summed E-state index contributed by atoms with van der Waals surface area (Å²) in [5.74, 6) is 0.0665. The van der Waals surface area contributed by atoms with Crippen LogP contribution in [0.2, 0.25) is 0 Å². The standard InChI is InChI=1S/C10H15N3O2/c1-7-4-8(6-15-7)10(14)11-5-9-2-3-12-13-9/h2-3,7-8H,4-6H2,1H3,(H,11,14)(H,12,13).